The molecule has 2 aliphatic rings. The zero-order valence-corrected chi connectivity index (χ0v) is 12.2. The molecule has 1 heterocycles. The Labute approximate surface area is 111 Å². The minimum atomic E-state index is 0.176. The Morgan fingerprint density at radius 2 is 2.22 bits per heavy atom. The fourth-order valence-corrected chi connectivity index (χ4v) is 3.47. The molecule has 2 atom stereocenters. The molecule has 0 aromatic heterocycles. The minimum Gasteiger partial charge on any atom is -0.383 e. The van der Waals surface area contributed by atoms with Gasteiger partial charge in [0.1, 0.15) is 0 Å². The summed E-state index contributed by atoms with van der Waals surface area (Å²) in [6, 6.07) is 0.648. The lowest BCUT2D eigenvalue weighted by Crippen LogP contribution is -2.59. The molecule has 0 spiro atoms. The van der Waals surface area contributed by atoms with Gasteiger partial charge in [0.15, 0.2) is 0 Å². The average Bonchev–Trinajstić information content (AvgIpc) is 3.14. The van der Waals surface area contributed by atoms with Crippen molar-refractivity contribution in [3.8, 4) is 0 Å². The van der Waals surface area contributed by atoms with Crippen LogP contribution in [0.1, 0.15) is 26.2 Å². The Kier molecular flexibility index (Phi) is 4.64. The van der Waals surface area contributed by atoms with E-state index in [0.717, 1.165) is 38.7 Å². The van der Waals surface area contributed by atoms with Crippen molar-refractivity contribution in [3.05, 3.63) is 0 Å². The van der Waals surface area contributed by atoms with Crippen molar-refractivity contribution in [3.63, 3.8) is 0 Å². The van der Waals surface area contributed by atoms with E-state index in [1.807, 2.05) is 0 Å². The normalized spacial score (nSPS) is 31.2. The highest BCUT2D eigenvalue weighted by Crippen LogP contribution is 2.39. The highest BCUT2D eigenvalue weighted by Gasteiger charge is 2.45. The molecule has 1 saturated heterocycles. The number of nitrogens with two attached hydrogens (primary N) is 1. The molecule has 2 N–H and O–H groups in total. The van der Waals surface area contributed by atoms with E-state index in [1.54, 1.807) is 7.11 Å². The topological polar surface area (TPSA) is 41.7 Å². The van der Waals surface area contributed by atoms with Crippen LogP contribution in [0.2, 0.25) is 0 Å². The Balaban J connectivity index is 2.09. The lowest BCUT2D eigenvalue weighted by Gasteiger charge is -2.44. The van der Waals surface area contributed by atoms with Gasteiger partial charge in [-0.1, -0.05) is 0 Å². The maximum atomic E-state index is 6.15. The van der Waals surface area contributed by atoms with Gasteiger partial charge in [-0.2, -0.15) is 0 Å². The lowest BCUT2D eigenvalue weighted by atomic mass is 9.93. The maximum Gasteiger partial charge on any atom is 0.0590 e. The first-order valence-corrected chi connectivity index (χ1v) is 7.27. The Morgan fingerprint density at radius 3 is 2.67 bits per heavy atom. The molecule has 2 fully saturated rings. The standard InChI is InChI=1S/C14H29N3O/c1-12(13-4-5-13)17(8-9-18-3)14(10-15)6-7-16(2)11-14/h12-13H,4-11,15H2,1-3H3. The second kappa shape index (κ2) is 5.87. The van der Waals surface area contributed by atoms with Crippen LogP contribution in [0.5, 0.6) is 0 Å². The SMILES string of the molecule is COCCN(C(C)C1CC1)C1(CN)CCN(C)C1. The van der Waals surface area contributed by atoms with Gasteiger partial charge in [0.25, 0.3) is 0 Å². The average molecular weight is 255 g/mol. The van der Waals surface area contributed by atoms with Gasteiger partial charge >= 0.3 is 0 Å². The summed E-state index contributed by atoms with van der Waals surface area (Å²) in [5.74, 6) is 0.885. The number of likely N-dealkylation sites (tertiary alicyclic amines) is 1. The van der Waals surface area contributed by atoms with Crippen LogP contribution < -0.4 is 5.73 Å². The molecule has 4 heteroatoms. The highest BCUT2D eigenvalue weighted by molar-refractivity contribution is 5.03. The first kappa shape index (κ1) is 14.3. The zero-order chi connectivity index (χ0) is 13.2. The molecule has 0 aromatic carbocycles. The summed E-state index contributed by atoms with van der Waals surface area (Å²) in [4.78, 5) is 5.06. The molecule has 1 aliphatic carbocycles. The van der Waals surface area contributed by atoms with Crippen LogP contribution in [-0.2, 0) is 4.74 Å². The van der Waals surface area contributed by atoms with E-state index < -0.39 is 0 Å². The quantitative estimate of drug-likeness (QED) is 0.729. The molecular formula is C14H29N3O. The van der Waals surface area contributed by atoms with Crippen LogP contribution in [0, 0.1) is 5.92 Å². The van der Waals surface area contributed by atoms with Gasteiger partial charge in [0, 0.05) is 38.3 Å². The zero-order valence-electron chi connectivity index (χ0n) is 12.2. The fourth-order valence-electron chi connectivity index (χ4n) is 3.47. The summed E-state index contributed by atoms with van der Waals surface area (Å²) < 4.78 is 5.30. The van der Waals surface area contributed by atoms with Crippen molar-refractivity contribution in [2.75, 3.05) is 46.9 Å². The van der Waals surface area contributed by atoms with Crippen molar-refractivity contribution in [1.29, 1.82) is 0 Å². The predicted molar refractivity (Wildman–Crippen MR) is 74.7 cm³/mol. The van der Waals surface area contributed by atoms with Gasteiger partial charge in [-0.05, 0) is 45.7 Å². The summed E-state index contributed by atoms with van der Waals surface area (Å²) in [6.07, 6.45) is 3.98. The van der Waals surface area contributed by atoms with Gasteiger partial charge in [-0.15, -0.1) is 0 Å². The molecule has 4 nitrogen and oxygen atoms in total. The Morgan fingerprint density at radius 1 is 1.50 bits per heavy atom. The van der Waals surface area contributed by atoms with Crippen molar-refractivity contribution in [2.24, 2.45) is 11.7 Å². The van der Waals surface area contributed by atoms with E-state index in [0.29, 0.717) is 6.04 Å². The van der Waals surface area contributed by atoms with E-state index in [2.05, 4.69) is 23.8 Å². The number of methoxy groups -OCH3 is 1. The van der Waals surface area contributed by atoms with Crippen LogP contribution in [0.4, 0.5) is 0 Å². The minimum absolute atomic E-state index is 0.176. The number of nitrogens with zero attached hydrogens (tertiary/aromatic N) is 2. The number of hydrogen-bond donors (Lipinski definition) is 1. The third kappa shape index (κ3) is 2.87. The molecule has 106 valence electrons. The molecule has 0 amide bonds. The number of ether oxygens (including phenoxy) is 1. The van der Waals surface area contributed by atoms with Crippen LogP contribution in [0.3, 0.4) is 0 Å². The second-order valence-corrected chi connectivity index (χ2v) is 6.18. The van der Waals surface area contributed by atoms with Crippen LogP contribution in [0.15, 0.2) is 0 Å². The van der Waals surface area contributed by atoms with Crippen LogP contribution in [-0.4, -0.2) is 68.3 Å². The monoisotopic (exact) mass is 255 g/mol. The fraction of sp³-hybridized carbons (Fsp3) is 1.00. The molecule has 0 aromatic rings. The molecule has 1 aliphatic heterocycles. The first-order valence-electron chi connectivity index (χ1n) is 7.27. The lowest BCUT2D eigenvalue weighted by molar-refractivity contribution is 0.0269. The third-order valence-corrected chi connectivity index (χ3v) is 4.84. The Bertz CT molecular complexity index is 270. The third-order valence-electron chi connectivity index (χ3n) is 4.84. The van der Waals surface area contributed by atoms with Crippen molar-refractivity contribution in [2.45, 2.75) is 37.8 Å². The van der Waals surface area contributed by atoms with Gasteiger partial charge in [0.05, 0.1) is 6.61 Å². The van der Waals surface area contributed by atoms with E-state index >= 15 is 0 Å². The molecule has 0 bridgehead atoms. The molecule has 18 heavy (non-hydrogen) atoms. The maximum absolute atomic E-state index is 6.15. The summed E-state index contributed by atoms with van der Waals surface area (Å²) in [5, 5.41) is 0. The molecular weight excluding hydrogens is 226 g/mol. The number of rotatable bonds is 7. The first-order chi connectivity index (χ1) is 8.63. The number of hydrogen-bond acceptors (Lipinski definition) is 4. The summed E-state index contributed by atoms with van der Waals surface area (Å²) in [5.41, 5.74) is 6.33. The number of likely N-dealkylation sites (N-methyl/N-ethyl adjacent to an activating group) is 1. The molecule has 0 radical (unpaired) electrons. The molecule has 1 saturated carbocycles. The molecule has 2 unspecified atom stereocenters. The van der Waals surface area contributed by atoms with E-state index in [4.69, 9.17) is 10.5 Å². The summed E-state index contributed by atoms with van der Waals surface area (Å²) in [7, 11) is 3.99. The second-order valence-electron chi connectivity index (χ2n) is 6.18. The van der Waals surface area contributed by atoms with Crippen molar-refractivity contribution in [1.82, 2.24) is 9.80 Å². The van der Waals surface area contributed by atoms with Crippen LogP contribution >= 0.6 is 0 Å². The predicted octanol–water partition coefficient (Wildman–Crippen LogP) is 0.766. The van der Waals surface area contributed by atoms with Crippen molar-refractivity contribution < 1.29 is 4.74 Å². The van der Waals surface area contributed by atoms with Gasteiger partial charge < -0.3 is 15.4 Å². The van der Waals surface area contributed by atoms with E-state index in [9.17, 15) is 0 Å². The highest BCUT2D eigenvalue weighted by atomic mass is 16.5. The Hall–Kier alpha value is -0.160. The van der Waals surface area contributed by atoms with Gasteiger partial charge in [-0.25, -0.2) is 0 Å². The van der Waals surface area contributed by atoms with E-state index in [-0.39, 0.29) is 5.54 Å². The largest absolute Gasteiger partial charge is 0.383 e. The van der Waals surface area contributed by atoms with Gasteiger partial charge in [0.2, 0.25) is 0 Å². The summed E-state index contributed by atoms with van der Waals surface area (Å²) >= 11 is 0. The molecule has 2 rings (SSSR count). The van der Waals surface area contributed by atoms with Crippen molar-refractivity contribution >= 4 is 0 Å². The van der Waals surface area contributed by atoms with Gasteiger partial charge in [-0.3, -0.25) is 4.90 Å². The smallest absolute Gasteiger partial charge is 0.0590 e. The van der Waals surface area contributed by atoms with E-state index in [1.165, 1.54) is 19.3 Å². The van der Waals surface area contributed by atoms with Crippen LogP contribution in [0.25, 0.3) is 0 Å². The summed E-state index contributed by atoms with van der Waals surface area (Å²) in [6.45, 7) is 7.23.